The normalized spacial score (nSPS) is 11.9. The van der Waals surface area contributed by atoms with E-state index in [9.17, 15) is 16.8 Å². The number of rotatable bonds is 6. The summed E-state index contributed by atoms with van der Waals surface area (Å²) in [5.74, 6) is 0.865. The Balaban J connectivity index is 2.29. The lowest BCUT2D eigenvalue weighted by Crippen LogP contribution is -2.14. The van der Waals surface area contributed by atoms with E-state index in [-0.39, 0.29) is 9.79 Å². The second-order valence-corrected chi connectivity index (χ2v) is 7.63. The minimum atomic E-state index is -4.48. The number of benzene rings is 2. The van der Waals surface area contributed by atoms with E-state index in [2.05, 4.69) is 3.63 Å². The molecular formula is C14H14O7S2. The quantitative estimate of drug-likeness (QED) is 0.777. The maximum absolute atomic E-state index is 12.1. The van der Waals surface area contributed by atoms with Crippen LogP contribution in [0.25, 0.3) is 0 Å². The molecule has 9 heteroatoms. The van der Waals surface area contributed by atoms with Crippen LogP contribution in [-0.4, -0.2) is 31.1 Å². The lowest BCUT2D eigenvalue weighted by atomic mass is 10.3. The summed E-state index contributed by atoms with van der Waals surface area (Å²) < 4.78 is 62.5. The average Bonchev–Trinajstić information content (AvgIpc) is 2.54. The highest BCUT2D eigenvalue weighted by Crippen LogP contribution is 2.23. The highest BCUT2D eigenvalue weighted by molar-refractivity contribution is 7.99. The molecule has 0 aromatic heterocycles. The van der Waals surface area contributed by atoms with Gasteiger partial charge in [-0.2, -0.15) is 16.8 Å². The van der Waals surface area contributed by atoms with Gasteiger partial charge in [0, 0.05) is 0 Å². The molecule has 0 saturated carbocycles. The van der Waals surface area contributed by atoms with Crippen molar-refractivity contribution in [2.45, 2.75) is 9.79 Å². The van der Waals surface area contributed by atoms with Crippen LogP contribution in [0.2, 0.25) is 0 Å². The largest absolute Gasteiger partial charge is 0.497 e. The van der Waals surface area contributed by atoms with Crippen LogP contribution in [0.4, 0.5) is 0 Å². The molecule has 0 aliphatic rings. The van der Waals surface area contributed by atoms with Gasteiger partial charge in [-0.15, -0.1) is 3.63 Å². The molecule has 0 amide bonds. The topological polar surface area (TPSA) is 96.0 Å². The summed E-state index contributed by atoms with van der Waals surface area (Å²) in [5.41, 5.74) is 0. The molecule has 2 aromatic carbocycles. The highest BCUT2D eigenvalue weighted by Gasteiger charge is 2.26. The van der Waals surface area contributed by atoms with Crippen LogP contribution in [0, 0.1) is 0 Å². The van der Waals surface area contributed by atoms with E-state index in [1.165, 1.54) is 62.8 Å². The van der Waals surface area contributed by atoms with Crippen LogP contribution in [0.5, 0.6) is 11.5 Å². The van der Waals surface area contributed by atoms with Crippen LogP contribution < -0.4 is 9.47 Å². The molecule has 2 aromatic rings. The van der Waals surface area contributed by atoms with E-state index < -0.39 is 20.2 Å². The van der Waals surface area contributed by atoms with Crippen LogP contribution >= 0.6 is 0 Å². The van der Waals surface area contributed by atoms with Gasteiger partial charge in [-0.3, -0.25) is 0 Å². The number of hydrogen-bond acceptors (Lipinski definition) is 7. The van der Waals surface area contributed by atoms with Crippen molar-refractivity contribution in [1.29, 1.82) is 0 Å². The van der Waals surface area contributed by atoms with Gasteiger partial charge >= 0.3 is 20.2 Å². The summed E-state index contributed by atoms with van der Waals surface area (Å²) in [5, 5.41) is 0. The van der Waals surface area contributed by atoms with Gasteiger partial charge in [0.2, 0.25) is 0 Å². The number of ether oxygens (including phenoxy) is 2. The fourth-order valence-electron chi connectivity index (χ4n) is 1.68. The Bertz CT molecular complexity index is 792. The Morgan fingerprint density at radius 1 is 0.609 bits per heavy atom. The molecule has 0 N–H and O–H groups in total. The smallest absolute Gasteiger partial charge is 0.311 e. The highest BCUT2D eigenvalue weighted by atomic mass is 32.3. The SMILES string of the molecule is COc1ccc(S(=O)(=O)OS(=O)(=O)c2ccc(OC)cc2)cc1. The molecular weight excluding hydrogens is 344 g/mol. The van der Waals surface area contributed by atoms with Gasteiger partial charge in [-0.05, 0) is 48.5 Å². The minimum absolute atomic E-state index is 0.296. The van der Waals surface area contributed by atoms with Crippen molar-refractivity contribution in [2.24, 2.45) is 0 Å². The van der Waals surface area contributed by atoms with E-state index in [4.69, 9.17) is 9.47 Å². The Morgan fingerprint density at radius 3 is 1.17 bits per heavy atom. The predicted molar refractivity (Wildman–Crippen MR) is 81.4 cm³/mol. The van der Waals surface area contributed by atoms with Crippen molar-refractivity contribution in [2.75, 3.05) is 14.2 Å². The summed E-state index contributed by atoms with van der Waals surface area (Å²) in [6.07, 6.45) is 0. The Kier molecular flexibility index (Phi) is 4.93. The van der Waals surface area contributed by atoms with Gasteiger partial charge in [0.15, 0.2) is 0 Å². The van der Waals surface area contributed by atoms with Crippen LogP contribution in [0.15, 0.2) is 58.3 Å². The molecule has 0 aliphatic heterocycles. The van der Waals surface area contributed by atoms with E-state index in [0.717, 1.165) is 0 Å². The Hall–Kier alpha value is -2.10. The van der Waals surface area contributed by atoms with E-state index in [0.29, 0.717) is 11.5 Å². The molecule has 124 valence electrons. The summed E-state index contributed by atoms with van der Waals surface area (Å²) in [6, 6.07) is 10.3. The van der Waals surface area contributed by atoms with Gasteiger partial charge in [0.05, 0.1) is 24.0 Å². The summed E-state index contributed by atoms with van der Waals surface area (Å²) >= 11 is 0. The van der Waals surface area contributed by atoms with Crippen molar-refractivity contribution < 1.29 is 29.9 Å². The summed E-state index contributed by atoms with van der Waals surface area (Å²) in [4.78, 5) is -0.592. The lowest BCUT2D eigenvalue weighted by Gasteiger charge is -2.07. The van der Waals surface area contributed by atoms with Crippen molar-refractivity contribution in [3.05, 3.63) is 48.5 Å². The van der Waals surface area contributed by atoms with E-state index in [1.54, 1.807) is 0 Å². The monoisotopic (exact) mass is 358 g/mol. The zero-order chi connectivity index (χ0) is 17.1. The molecule has 0 aliphatic carbocycles. The first-order valence-electron chi connectivity index (χ1n) is 6.28. The molecule has 0 fully saturated rings. The molecule has 0 bridgehead atoms. The minimum Gasteiger partial charge on any atom is -0.497 e. The lowest BCUT2D eigenvalue weighted by molar-refractivity contribution is 0.414. The van der Waals surface area contributed by atoms with Crippen molar-refractivity contribution in [3.63, 3.8) is 0 Å². The molecule has 7 nitrogen and oxygen atoms in total. The van der Waals surface area contributed by atoms with E-state index in [1.807, 2.05) is 0 Å². The zero-order valence-electron chi connectivity index (χ0n) is 12.3. The second kappa shape index (κ2) is 6.57. The third kappa shape index (κ3) is 4.01. The van der Waals surface area contributed by atoms with Crippen LogP contribution in [0.3, 0.4) is 0 Å². The first-order valence-corrected chi connectivity index (χ1v) is 9.09. The predicted octanol–water partition coefficient (Wildman–Crippen LogP) is 1.80. The fourth-order valence-corrected chi connectivity index (χ4v) is 4.19. The number of methoxy groups -OCH3 is 2. The molecule has 0 unspecified atom stereocenters. The van der Waals surface area contributed by atoms with Gasteiger partial charge in [0.25, 0.3) is 0 Å². The average molecular weight is 358 g/mol. The van der Waals surface area contributed by atoms with Crippen molar-refractivity contribution >= 4 is 20.2 Å². The van der Waals surface area contributed by atoms with Crippen LogP contribution in [0.1, 0.15) is 0 Å². The van der Waals surface area contributed by atoms with Crippen molar-refractivity contribution in [3.8, 4) is 11.5 Å². The first-order chi connectivity index (χ1) is 10.8. The molecule has 23 heavy (non-hydrogen) atoms. The third-order valence-corrected chi connectivity index (χ3v) is 6.01. The Morgan fingerprint density at radius 2 is 0.913 bits per heavy atom. The van der Waals surface area contributed by atoms with Gasteiger partial charge in [-0.25, -0.2) is 0 Å². The summed E-state index contributed by atoms with van der Waals surface area (Å²) in [6.45, 7) is 0. The second-order valence-electron chi connectivity index (χ2n) is 4.33. The Labute approximate surface area is 134 Å². The standard InChI is InChI=1S/C14H14O7S2/c1-19-11-3-7-13(8-4-11)22(15,16)21-23(17,18)14-9-5-12(20-2)6-10-14/h3-10H,1-2H3. The van der Waals surface area contributed by atoms with E-state index >= 15 is 0 Å². The van der Waals surface area contributed by atoms with Gasteiger partial charge in [-0.1, -0.05) is 0 Å². The molecule has 0 heterocycles. The molecule has 0 saturated heterocycles. The fraction of sp³-hybridized carbons (Fsp3) is 0.143. The molecule has 0 radical (unpaired) electrons. The first kappa shape index (κ1) is 17.3. The molecule has 0 atom stereocenters. The number of hydrogen-bond donors (Lipinski definition) is 0. The summed E-state index contributed by atoms with van der Waals surface area (Å²) in [7, 11) is -6.11. The molecule has 0 spiro atoms. The zero-order valence-corrected chi connectivity index (χ0v) is 13.9. The van der Waals surface area contributed by atoms with Crippen LogP contribution in [-0.2, 0) is 23.9 Å². The van der Waals surface area contributed by atoms with Crippen molar-refractivity contribution in [1.82, 2.24) is 0 Å². The van der Waals surface area contributed by atoms with Gasteiger partial charge < -0.3 is 9.47 Å². The maximum Gasteiger partial charge on any atom is 0.311 e. The molecule has 2 rings (SSSR count). The third-order valence-electron chi connectivity index (χ3n) is 2.88. The maximum atomic E-state index is 12.1. The van der Waals surface area contributed by atoms with Gasteiger partial charge in [0.1, 0.15) is 11.5 Å².